The Kier molecular flexibility index (Phi) is 6.14. The fraction of sp³-hybridized carbons (Fsp3) is 0. The van der Waals surface area contributed by atoms with E-state index in [-0.39, 0.29) is 17.1 Å². The standard InChI is InChI=1S/C24H6F3N7/c25-22-13(7-28)1-19(2-14(22)8-29)34(20-3-15(9-30)23(26)16(4-20)10-31)21-5-17(11-32)24(27)18(6-21)12-33/h1-6H. The van der Waals surface area contributed by atoms with Gasteiger partial charge in [-0.2, -0.15) is 31.6 Å². The molecule has 3 aromatic rings. The summed E-state index contributed by atoms with van der Waals surface area (Å²) in [6.45, 7) is 0. The van der Waals surface area contributed by atoms with E-state index in [0.717, 1.165) is 41.3 Å². The molecule has 0 saturated carbocycles. The highest BCUT2D eigenvalue weighted by atomic mass is 19.1. The van der Waals surface area contributed by atoms with Crippen LogP contribution in [0.1, 0.15) is 33.4 Å². The zero-order valence-electron chi connectivity index (χ0n) is 16.7. The summed E-state index contributed by atoms with van der Waals surface area (Å²) in [5.41, 5.74) is -3.45. The maximum atomic E-state index is 14.4. The maximum Gasteiger partial charge on any atom is 0.158 e. The zero-order chi connectivity index (χ0) is 25.0. The van der Waals surface area contributed by atoms with Gasteiger partial charge in [-0.1, -0.05) is 0 Å². The van der Waals surface area contributed by atoms with Gasteiger partial charge >= 0.3 is 0 Å². The van der Waals surface area contributed by atoms with E-state index in [0.29, 0.717) is 0 Å². The quantitative estimate of drug-likeness (QED) is 0.558. The molecule has 0 amide bonds. The number of hydrogen-bond donors (Lipinski definition) is 0. The van der Waals surface area contributed by atoms with Crippen molar-refractivity contribution in [2.75, 3.05) is 4.90 Å². The van der Waals surface area contributed by atoms with Crippen LogP contribution >= 0.6 is 0 Å². The summed E-state index contributed by atoms with van der Waals surface area (Å²) < 4.78 is 43.1. The van der Waals surface area contributed by atoms with E-state index in [1.54, 1.807) is 36.4 Å². The number of halogens is 3. The fourth-order valence-electron chi connectivity index (χ4n) is 3.15. The van der Waals surface area contributed by atoms with Crippen molar-refractivity contribution >= 4 is 17.1 Å². The summed E-state index contributed by atoms with van der Waals surface area (Å²) in [6.07, 6.45) is 0. The molecule has 7 nitrogen and oxygen atoms in total. The van der Waals surface area contributed by atoms with Crippen LogP contribution in [0.5, 0.6) is 0 Å². The average molecular weight is 449 g/mol. The second kappa shape index (κ2) is 9.13. The van der Waals surface area contributed by atoms with Crippen LogP contribution in [-0.2, 0) is 0 Å². The van der Waals surface area contributed by atoms with Crippen LogP contribution in [0.15, 0.2) is 36.4 Å². The van der Waals surface area contributed by atoms with E-state index in [1.807, 2.05) is 0 Å². The van der Waals surface area contributed by atoms with Crippen LogP contribution in [0.3, 0.4) is 0 Å². The van der Waals surface area contributed by atoms with Crippen LogP contribution in [0, 0.1) is 85.4 Å². The Morgan fingerprint density at radius 1 is 0.412 bits per heavy atom. The molecule has 10 heteroatoms. The van der Waals surface area contributed by atoms with Gasteiger partial charge in [0.2, 0.25) is 0 Å². The van der Waals surface area contributed by atoms with Gasteiger partial charge in [-0.15, -0.1) is 0 Å². The van der Waals surface area contributed by atoms with Crippen LogP contribution in [0.4, 0.5) is 30.2 Å². The molecule has 34 heavy (non-hydrogen) atoms. The highest BCUT2D eigenvalue weighted by Crippen LogP contribution is 2.39. The highest BCUT2D eigenvalue weighted by Gasteiger charge is 2.23. The summed E-state index contributed by atoms with van der Waals surface area (Å²) in [6, 6.07) is 15.7. The molecule has 0 aliphatic heterocycles. The lowest BCUT2D eigenvalue weighted by atomic mass is 10.0. The van der Waals surface area contributed by atoms with Crippen molar-refractivity contribution in [3.8, 4) is 36.4 Å². The van der Waals surface area contributed by atoms with Crippen LogP contribution in [0.2, 0.25) is 0 Å². The normalized spacial score (nSPS) is 9.44. The number of rotatable bonds is 3. The van der Waals surface area contributed by atoms with Gasteiger partial charge in [-0.3, -0.25) is 0 Å². The van der Waals surface area contributed by atoms with Gasteiger partial charge in [0.15, 0.2) is 17.5 Å². The minimum absolute atomic E-state index is 0.0757. The lowest BCUT2D eigenvalue weighted by Crippen LogP contribution is -2.13. The van der Waals surface area contributed by atoms with Crippen molar-refractivity contribution in [3.63, 3.8) is 0 Å². The van der Waals surface area contributed by atoms with E-state index in [2.05, 4.69) is 0 Å². The SMILES string of the molecule is N#Cc1cc(N(c2cc(C#N)c(F)c(C#N)c2)c2cc(C#N)c(F)c(C#N)c2)cc(C#N)c1F. The van der Waals surface area contributed by atoms with Gasteiger partial charge < -0.3 is 4.90 Å². The van der Waals surface area contributed by atoms with Crippen molar-refractivity contribution in [3.05, 3.63) is 87.2 Å². The minimum atomic E-state index is -1.10. The van der Waals surface area contributed by atoms with Gasteiger partial charge in [0.05, 0.1) is 33.4 Å². The van der Waals surface area contributed by atoms with Gasteiger partial charge in [0, 0.05) is 17.1 Å². The maximum absolute atomic E-state index is 14.4. The Morgan fingerprint density at radius 3 is 0.735 bits per heavy atom. The Balaban J connectivity index is 2.49. The van der Waals surface area contributed by atoms with Crippen molar-refractivity contribution < 1.29 is 13.2 Å². The molecule has 3 rings (SSSR count). The van der Waals surface area contributed by atoms with Gasteiger partial charge in [0.1, 0.15) is 36.4 Å². The van der Waals surface area contributed by atoms with Crippen LogP contribution < -0.4 is 4.90 Å². The summed E-state index contributed by atoms with van der Waals surface area (Å²) in [5, 5.41) is 55.8. The Labute approximate surface area is 190 Å². The number of hydrogen-bond acceptors (Lipinski definition) is 7. The zero-order valence-corrected chi connectivity index (χ0v) is 16.7. The van der Waals surface area contributed by atoms with Gasteiger partial charge in [0.25, 0.3) is 0 Å². The second-order valence-corrected chi connectivity index (χ2v) is 6.57. The average Bonchev–Trinajstić information content (AvgIpc) is 2.86. The first-order chi connectivity index (χ1) is 16.3. The molecule has 0 bridgehead atoms. The third kappa shape index (κ3) is 3.79. The summed E-state index contributed by atoms with van der Waals surface area (Å²) in [7, 11) is 0. The third-order valence-electron chi connectivity index (χ3n) is 4.67. The largest absolute Gasteiger partial charge is 0.310 e. The lowest BCUT2D eigenvalue weighted by molar-refractivity contribution is 0.620. The molecule has 0 spiro atoms. The van der Waals surface area contributed by atoms with Gasteiger partial charge in [-0.05, 0) is 36.4 Å². The summed E-state index contributed by atoms with van der Waals surface area (Å²) >= 11 is 0. The first-order valence-corrected chi connectivity index (χ1v) is 9.04. The molecule has 0 unspecified atom stereocenters. The smallest absolute Gasteiger partial charge is 0.158 e. The second-order valence-electron chi connectivity index (χ2n) is 6.57. The van der Waals surface area contributed by atoms with E-state index in [9.17, 15) is 44.7 Å². The number of nitriles is 6. The third-order valence-corrected chi connectivity index (χ3v) is 4.67. The highest BCUT2D eigenvalue weighted by molar-refractivity contribution is 5.81. The van der Waals surface area contributed by atoms with Crippen molar-refractivity contribution in [2.24, 2.45) is 0 Å². The molecule has 0 N–H and O–H groups in total. The van der Waals surface area contributed by atoms with Crippen LogP contribution in [0.25, 0.3) is 0 Å². The predicted octanol–water partition coefficient (Wildman–Crippen LogP) is 4.80. The monoisotopic (exact) mass is 449 g/mol. The number of anilines is 3. The summed E-state index contributed by atoms with van der Waals surface area (Å²) in [5.74, 6) is -3.30. The molecular weight excluding hydrogens is 443 g/mol. The van der Waals surface area contributed by atoms with E-state index >= 15 is 0 Å². The van der Waals surface area contributed by atoms with Crippen molar-refractivity contribution in [1.82, 2.24) is 0 Å². The predicted molar refractivity (Wildman–Crippen MR) is 109 cm³/mol. The molecule has 0 aliphatic carbocycles. The minimum Gasteiger partial charge on any atom is -0.310 e. The number of benzene rings is 3. The Hall–Kier alpha value is -5.81. The van der Waals surface area contributed by atoms with Gasteiger partial charge in [-0.25, -0.2) is 13.2 Å². The molecule has 0 aromatic heterocycles. The van der Waals surface area contributed by atoms with Crippen LogP contribution in [-0.4, -0.2) is 0 Å². The molecule has 3 aromatic carbocycles. The molecule has 0 aliphatic rings. The molecule has 158 valence electrons. The molecule has 0 heterocycles. The Bertz CT molecular complexity index is 1320. The fourth-order valence-corrected chi connectivity index (χ4v) is 3.15. The number of nitrogens with zero attached hydrogens (tertiary/aromatic N) is 7. The Morgan fingerprint density at radius 2 is 0.588 bits per heavy atom. The van der Waals surface area contributed by atoms with E-state index in [1.165, 1.54) is 0 Å². The van der Waals surface area contributed by atoms with Crippen molar-refractivity contribution in [1.29, 1.82) is 31.6 Å². The topological polar surface area (TPSA) is 146 Å². The van der Waals surface area contributed by atoms with Crippen molar-refractivity contribution in [2.45, 2.75) is 0 Å². The molecule has 0 fully saturated rings. The molecule has 0 saturated heterocycles. The first kappa shape index (κ1) is 22.9. The van der Waals surface area contributed by atoms with E-state index < -0.39 is 50.8 Å². The first-order valence-electron chi connectivity index (χ1n) is 9.04. The molecule has 0 radical (unpaired) electrons. The molecular formula is C24H6F3N7. The lowest BCUT2D eigenvalue weighted by Gasteiger charge is -2.27. The summed E-state index contributed by atoms with van der Waals surface area (Å²) in [4.78, 5) is 1.13. The van der Waals surface area contributed by atoms with E-state index in [4.69, 9.17) is 0 Å². The molecule has 0 atom stereocenters.